The first-order valence-corrected chi connectivity index (χ1v) is 6.73. The molecule has 2 aromatic carbocycles. The third kappa shape index (κ3) is 2.60. The van der Waals surface area contributed by atoms with Crippen LogP contribution in [0.15, 0.2) is 48.7 Å². The Morgan fingerprint density at radius 3 is 2.43 bits per heavy atom. The Labute approximate surface area is 122 Å². The van der Waals surface area contributed by atoms with Crippen LogP contribution in [0.2, 0.25) is 0 Å². The van der Waals surface area contributed by atoms with Crippen molar-refractivity contribution in [2.75, 3.05) is 12.4 Å². The maximum Gasteiger partial charge on any atom is 0.159 e. The number of anilines is 1. The largest absolute Gasteiger partial charge is 0.504 e. The molecular weight excluding hydrogens is 264 g/mol. The van der Waals surface area contributed by atoms with Crippen molar-refractivity contribution >= 4 is 16.6 Å². The molecule has 0 bridgehead atoms. The van der Waals surface area contributed by atoms with Gasteiger partial charge in [0.1, 0.15) is 0 Å². The Hall–Kier alpha value is -2.75. The van der Waals surface area contributed by atoms with Crippen molar-refractivity contribution in [2.24, 2.45) is 0 Å². The molecule has 0 aliphatic heterocycles. The first-order valence-electron chi connectivity index (χ1n) is 6.73. The normalized spacial score (nSPS) is 10.7. The molecule has 3 aromatic rings. The lowest BCUT2D eigenvalue weighted by molar-refractivity contribution is 0.405. The first kappa shape index (κ1) is 13.2. The van der Waals surface area contributed by atoms with Gasteiger partial charge in [-0.25, -0.2) is 0 Å². The molecule has 0 fully saturated rings. The molecular formula is C17H16N2O2. The predicted octanol–water partition coefficient (Wildman–Crippen LogP) is 3.28. The molecule has 3 N–H and O–H groups in total. The number of fused-ring (bicyclic) bond motifs is 1. The molecule has 4 nitrogen and oxygen atoms in total. The number of nitrogens with zero attached hydrogens (tertiary/aromatic N) is 1. The Morgan fingerprint density at radius 1 is 1.00 bits per heavy atom. The van der Waals surface area contributed by atoms with E-state index in [-0.39, 0.29) is 11.5 Å². The second-order valence-electron chi connectivity index (χ2n) is 4.95. The van der Waals surface area contributed by atoms with E-state index >= 15 is 0 Å². The number of nitrogens with one attached hydrogen (secondary N) is 1. The highest BCUT2D eigenvalue weighted by molar-refractivity contribution is 5.85. The molecule has 0 unspecified atom stereocenters. The van der Waals surface area contributed by atoms with Crippen molar-refractivity contribution in [3.8, 4) is 11.5 Å². The number of pyridine rings is 1. The van der Waals surface area contributed by atoms with Crippen LogP contribution in [0.4, 0.5) is 5.69 Å². The molecule has 1 aromatic heterocycles. The van der Waals surface area contributed by atoms with Crippen LogP contribution in [0, 0.1) is 0 Å². The second-order valence-corrected chi connectivity index (χ2v) is 4.95. The summed E-state index contributed by atoms with van der Waals surface area (Å²) < 4.78 is 0. The summed E-state index contributed by atoms with van der Waals surface area (Å²) in [6.45, 7) is 0. The monoisotopic (exact) mass is 280 g/mol. The second kappa shape index (κ2) is 5.32. The zero-order valence-corrected chi connectivity index (χ0v) is 11.7. The van der Waals surface area contributed by atoms with Crippen molar-refractivity contribution in [3.05, 3.63) is 59.8 Å². The van der Waals surface area contributed by atoms with Gasteiger partial charge in [0, 0.05) is 30.4 Å². The number of aromatic nitrogens is 1. The fourth-order valence-electron chi connectivity index (χ4n) is 2.39. The van der Waals surface area contributed by atoms with E-state index in [9.17, 15) is 10.2 Å². The molecule has 0 spiro atoms. The highest BCUT2D eigenvalue weighted by Crippen LogP contribution is 2.31. The molecule has 0 saturated heterocycles. The van der Waals surface area contributed by atoms with Gasteiger partial charge in [0.25, 0.3) is 0 Å². The van der Waals surface area contributed by atoms with Crippen LogP contribution in [0.1, 0.15) is 11.1 Å². The van der Waals surface area contributed by atoms with Crippen molar-refractivity contribution in [1.82, 2.24) is 4.98 Å². The van der Waals surface area contributed by atoms with Gasteiger partial charge in [-0.15, -0.1) is 0 Å². The van der Waals surface area contributed by atoms with E-state index in [0.717, 1.165) is 23.1 Å². The minimum atomic E-state index is -0.148. The maximum absolute atomic E-state index is 9.69. The summed E-state index contributed by atoms with van der Waals surface area (Å²) in [7, 11) is 1.89. The summed E-state index contributed by atoms with van der Waals surface area (Å²) in [5.41, 5.74) is 3.98. The summed E-state index contributed by atoms with van der Waals surface area (Å²) in [6, 6.07) is 13.2. The molecule has 0 atom stereocenters. The van der Waals surface area contributed by atoms with Gasteiger partial charge in [-0.2, -0.15) is 0 Å². The molecule has 106 valence electrons. The Morgan fingerprint density at radius 2 is 1.71 bits per heavy atom. The van der Waals surface area contributed by atoms with Crippen molar-refractivity contribution in [1.29, 1.82) is 0 Å². The van der Waals surface area contributed by atoms with Crippen LogP contribution in [0.25, 0.3) is 10.9 Å². The molecule has 4 heteroatoms. The molecule has 0 radical (unpaired) electrons. The highest BCUT2D eigenvalue weighted by atomic mass is 16.3. The summed E-state index contributed by atoms with van der Waals surface area (Å²) in [5, 5.41) is 23.2. The van der Waals surface area contributed by atoms with E-state index in [2.05, 4.69) is 22.4 Å². The summed E-state index contributed by atoms with van der Waals surface area (Å²) in [6.07, 6.45) is 2.46. The predicted molar refractivity (Wildman–Crippen MR) is 83.9 cm³/mol. The van der Waals surface area contributed by atoms with Crippen molar-refractivity contribution < 1.29 is 10.2 Å². The average molecular weight is 280 g/mol. The van der Waals surface area contributed by atoms with E-state index in [0.29, 0.717) is 5.52 Å². The number of hydrogen-bond acceptors (Lipinski definition) is 4. The zero-order chi connectivity index (χ0) is 14.8. The van der Waals surface area contributed by atoms with Crippen LogP contribution >= 0.6 is 0 Å². The van der Waals surface area contributed by atoms with Crippen LogP contribution in [-0.2, 0) is 6.42 Å². The lowest BCUT2D eigenvalue weighted by atomic mass is 10.0. The Kier molecular flexibility index (Phi) is 3.36. The average Bonchev–Trinajstić information content (AvgIpc) is 2.50. The van der Waals surface area contributed by atoms with Crippen molar-refractivity contribution in [3.63, 3.8) is 0 Å². The molecule has 21 heavy (non-hydrogen) atoms. The van der Waals surface area contributed by atoms with Gasteiger partial charge < -0.3 is 15.5 Å². The lowest BCUT2D eigenvalue weighted by Crippen LogP contribution is -1.93. The van der Waals surface area contributed by atoms with Gasteiger partial charge in [0.15, 0.2) is 11.5 Å². The van der Waals surface area contributed by atoms with E-state index in [1.54, 1.807) is 12.3 Å². The number of phenols is 2. The number of phenolic OH excluding ortho intramolecular Hbond substituents is 2. The standard InChI is InChI=1S/C17H16N2O2/c1-18-13-4-2-11(3-5-13)8-12-6-7-19-15-10-17(21)16(20)9-14(12)15/h2-7,9-10,18,20-21H,8H2,1H3. The fraction of sp³-hybridized carbons (Fsp3) is 0.118. The third-order valence-corrected chi connectivity index (χ3v) is 3.57. The maximum atomic E-state index is 9.69. The van der Waals surface area contributed by atoms with E-state index in [1.165, 1.54) is 11.6 Å². The SMILES string of the molecule is CNc1ccc(Cc2ccnc3cc(O)c(O)cc23)cc1. The fourth-order valence-corrected chi connectivity index (χ4v) is 2.39. The van der Waals surface area contributed by atoms with Crippen molar-refractivity contribution in [2.45, 2.75) is 6.42 Å². The number of aromatic hydroxyl groups is 2. The summed E-state index contributed by atoms with van der Waals surface area (Å²) in [4.78, 5) is 4.23. The minimum absolute atomic E-state index is 0.123. The first-order chi connectivity index (χ1) is 10.2. The molecule has 1 heterocycles. The van der Waals surface area contributed by atoms with Gasteiger partial charge in [0.05, 0.1) is 5.52 Å². The smallest absolute Gasteiger partial charge is 0.159 e. The Bertz CT molecular complexity index is 783. The van der Waals surface area contributed by atoms with E-state index in [4.69, 9.17) is 0 Å². The van der Waals surface area contributed by atoms with Gasteiger partial charge in [0.2, 0.25) is 0 Å². The molecule has 3 rings (SSSR count). The minimum Gasteiger partial charge on any atom is -0.504 e. The molecule has 0 saturated carbocycles. The quantitative estimate of drug-likeness (QED) is 0.644. The van der Waals surface area contributed by atoms with Crippen LogP contribution < -0.4 is 5.32 Å². The van der Waals surface area contributed by atoms with E-state index in [1.807, 2.05) is 25.2 Å². The topological polar surface area (TPSA) is 65.4 Å². The van der Waals surface area contributed by atoms with Crippen LogP contribution in [0.5, 0.6) is 11.5 Å². The number of rotatable bonds is 3. The van der Waals surface area contributed by atoms with Gasteiger partial charge >= 0.3 is 0 Å². The number of hydrogen-bond donors (Lipinski definition) is 3. The van der Waals surface area contributed by atoms with Crippen LogP contribution in [0.3, 0.4) is 0 Å². The van der Waals surface area contributed by atoms with Gasteiger partial charge in [-0.05, 0) is 41.8 Å². The molecule has 0 aliphatic rings. The van der Waals surface area contributed by atoms with Crippen LogP contribution in [-0.4, -0.2) is 22.2 Å². The highest BCUT2D eigenvalue weighted by Gasteiger charge is 2.08. The molecule has 0 aliphatic carbocycles. The summed E-state index contributed by atoms with van der Waals surface area (Å²) in [5.74, 6) is -0.271. The number of benzene rings is 2. The third-order valence-electron chi connectivity index (χ3n) is 3.57. The Balaban J connectivity index is 2.01. The molecule has 0 amide bonds. The van der Waals surface area contributed by atoms with Gasteiger partial charge in [-0.3, -0.25) is 4.98 Å². The summed E-state index contributed by atoms with van der Waals surface area (Å²) >= 11 is 0. The lowest BCUT2D eigenvalue weighted by Gasteiger charge is -2.08. The zero-order valence-electron chi connectivity index (χ0n) is 11.7. The van der Waals surface area contributed by atoms with Gasteiger partial charge in [-0.1, -0.05) is 12.1 Å². The van der Waals surface area contributed by atoms with E-state index < -0.39 is 0 Å².